The number of ether oxygens (including phenoxy) is 3. The molecule has 0 bridgehead atoms. The predicted molar refractivity (Wildman–Crippen MR) is 148 cm³/mol. The number of anilines is 2. The highest BCUT2D eigenvalue weighted by Gasteiger charge is 2.33. The lowest BCUT2D eigenvalue weighted by Crippen LogP contribution is -2.24. The van der Waals surface area contributed by atoms with Gasteiger partial charge in [-0.25, -0.2) is 13.2 Å². The summed E-state index contributed by atoms with van der Waals surface area (Å²) in [5.74, 6) is 0.544. The maximum absolute atomic E-state index is 13.1. The van der Waals surface area contributed by atoms with Gasteiger partial charge in [0, 0.05) is 24.6 Å². The Hall–Kier alpha value is -3.57. The zero-order chi connectivity index (χ0) is 27.6. The Morgan fingerprint density at radius 3 is 2.59 bits per heavy atom. The van der Waals surface area contributed by atoms with Crippen molar-refractivity contribution in [3.8, 4) is 11.5 Å². The molecule has 2 fully saturated rings. The molecule has 1 amide bonds. The van der Waals surface area contributed by atoms with Crippen LogP contribution in [0, 0.1) is 0 Å². The van der Waals surface area contributed by atoms with Crippen molar-refractivity contribution in [2.45, 2.75) is 49.0 Å². The molecule has 5 rings (SSSR count). The topological polar surface area (TPSA) is 111 Å². The molecule has 2 aliphatic rings. The van der Waals surface area contributed by atoms with Gasteiger partial charge >= 0.3 is 5.97 Å². The molecule has 9 nitrogen and oxygen atoms in total. The maximum Gasteiger partial charge on any atom is 0.349 e. The van der Waals surface area contributed by atoms with E-state index in [9.17, 15) is 18.0 Å². The van der Waals surface area contributed by atoms with Crippen molar-refractivity contribution in [2.75, 3.05) is 30.4 Å². The van der Waals surface area contributed by atoms with Crippen LogP contribution in [-0.2, 0) is 19.6 Å². The molecule has 3 aromatic rings. The third-order valence-corrected chi connectivity index (χ3v) is 9.53. The van der Waals surface area contributed by atoms with Gasteiger partial charge in [-0.1, -0.05) is 12.1 Å². The molecule has 0 spiro atoms. The number of carbonyl (C=O) groups excluding carboxylic acids is 2. The molecule has 1 saturated heterocycles. The lowest BCUT2D eigenvalue weighted by atomic mass is 9.98. The molecular weight excluding hydrogens is 540 g/mol. The molecular formula is C28H30N2O7S2. The molecule has 2 heterocycles. The monoisotopic (exact) mass is 570 g/mol. The number of nitrogens with zero attached hydrogens (tertiary/aromatic N) is 1. The number of hydrogen-bond donors (Lipinski definition) is 1. The van der Waals surface area contributed by atoms with Gasteiger partial charge in [0.05, 0.1) is 26.0 Å². The lowest BCUT2D eigenvalue weighted by Gasteiger charge is -2.20. The Bertz CT molecular complexity index is 1480. The van der Waals surface area contributed by atoms with Crippen LogP contribution in [0.5, 0.6) is 11.5 Å². The molecule has 1 aromatic heterocycles. The van der Waals surface area contributed by atoms with Crippen LogP contribution in [0.25, 0.3) is 0 Å². The molecule has 1 unspecified atom stereocenters. The summed E-state index contributed by atoms with van der Waals surface area (Å²) < 4.78 is 45.0. The number of methoxy groups -OCH3 is 2. The van der Waals surface area contributed by atoms with Crippen molar-refractivity contribution in [2.24, 2.45) is 0 Å². The summed E-state index contributed by atoms with van der Waals surface area (Å²) in [7, 11) is -1.24. The van der Waals surface area contributed by atoms with Crippen molar-refractivity contribution >= 4 is 44.6 Å². The van der Waals surface area contributed by atoms with Crippen molar-refractivity contribution in [3.63, 3.8) is 0 Å². The van der Waals surface area contributed by atoms with Crippen LogP contribution in [0.2, 0.25) is 0 Å². The quantitative estimate of drug-likeness (QED) is 0.353. The Morgan fingerprint density at radius 2 is 1.85 bits per heavy atom. The van der Waals surface area contributed by atoms with Gasteiger partial charge in [-0.15, -0.1) is 11.3 Å². The third-order valence-electron chi connectivity index (χ3n) is 7.08. The number of rotatable bonds is 9. The zero-order valence-corrected chi connectivity index (χ0v) is 23.3. The summed E-state index contributed by atoms with van der Waals surface area (Å²) in [5.41, 5.74) is 1.85. The fourth-order valence-corrected chi connectivity index (χ4v) is 7.49. The van der Waals surface area contributed by atoms with Gasteiger partial charge in [-0.3, -0.25) is 9.52 Å². The van der Waals surface area contributed by atoms with Crippen LogP contribution >= 0.6 is 11.3 Å². The van der Waals surface area contributed by atoms with Crippen molar-refractivity contribution in [1.29, 1.82) is 0 Å². The number of hydrogen-bond acceptors (Lipinski definition) is 8. The van der Waals surface area contributed by atoms with Gasteiger partial charge in [0.2, 0.25) is 5.91 Å². The van der Waals surface area contributed by atoms with E-state index in [0.29, 0.717) is 30.2 Å². The number of sulfonamides is 1. The van der Waals surface area contributed by atoms with E-state index in [2.05, 4.69) is 4.72 Å². The molecule has 2 aromatic carbocycles. The highest BCUT2D eigenvalue weighted by atomic mass is 32.2. The number of amides is 1. The van der Waals surface area contributed by atoms with Gasteiger partial charge in [-0.2, -0.15) is 0 Å². The van der Waals surface area contributed by atoms with Gasteiger partial charge in [0.25, 0.3) is 10.0 Å². The molecule has 206 valence electrons. The molecule has 11 heteroatoms. The van der Waals surface area contributed by atoms with Crippen LogP contribution in [0.15, 0.2) is 58.8 Å². The molecule has 1 atom stereocenters. The molecule has 1 aliphatic carbocycles. The smallest absolute Gasteiger partial charge is 0.349 e. The highest BCUT2D eigenvalue weighted by molar-refractivity contribution is 7.93. The van der Waals surface area contributed by atoms with Crippen molar-refractivity contribution in [3.05, 3.63) is 64.4 Å². The molecule has 1 aliphatic heterocycles. The first kappa shape index (κ1) is 27.0. The first-order valence-electron chi connectivity index (χ1n) is 12.7. The predicted octanol–water partition coefficient (Wildman–Crippen LogP) is 5.19. The molecule has 39 heavy (non-hydrogen) atoms. The minimum Gasteiger partial charge on any atom is -0.493 e. The Morgan fingerprint density at radius 1 is 1.05 bits per heavy atom. The summed E-state index contributed by atoms with van der Waals surface area (Å²) in [5, 5.41) is 1.52. The average Bonchev–Trinajstić information content (AvgIpc) is 3.70. The van der Waals surface area contributed by atoms with E-state index in [1.54, 1.807) is 36.3 Å². The summed E-state index contributed by atoms with van der Waals surface area (Å²) in [6.45, 7) is 0.446. The largest absolute Gasteiger partial charge is 0.493 e. The van der Waals surface area contributed by atoms with E-state index in [1.807, 2.05) is 18.2 Å². The fourth-order valence-electron chi connectivity index (χ4n) is 5.10. The van der Waals surface area contributed by atoms with Crippen molar-refractivity contribution in [1.82, 2.24) is 0 Å². The third kappa shape index (κ3) is 5.74. The number of thiophene rings is 1. The second kappa shape index (κ2) is 11.3. The number of esters is 1. The van der Waals surface area contributed by atoms with Crippen LogP contribution in [0.3, 0.4) is 0 Å². The number of carbonyl (C=O) groups is 2. The Kier molecular flexibility index (Phi) is 7.81. The van der Waals surface area contributed by atoms with E-state index < -0.39 is 16.0 Å². The average molecular weight is 571 g/mol. The SMILES string of the molecule is COC(=O)c1sccc1S(=O)(=O)Nc1cccc(N2CC(c3ccc(OC)c(OC4CCCC4)c3)CC2=O)c1. The Labute approximate surface area is 231 Å². The summed E-state index contributed by atoms with van der Waals surface area (Å²) >= 11 is 0.990. The molecule has 1 saturated carbocycles. The van der Waals surface area contributed by atoms with Gasteiger partial charge < -0.3 is 19.1 Å². The number of nitrogens with one attached hydrogen (secondary N) is 1. The zero-order valence-electron chi connectivity index (χ0n) is 21.7. The lowest BCUT2D eigenvalue weighted by molar-refractivity contribution is -0.117. The second-order valence-electron chi connectivity index (χ2n) is 9.60. The summed E-state index contributed by atoms with van der Waals surface area (Å²) in [4.78, 5) is 26.5. The first-order valence-corrected chi connectivity index (χ1v) is 15.1. The second-order valence-corrected chi connectivity index (χ2v) is 12.2. The van der Waals surface area contributed by atoms with E-state index in [1.165, 1.54) is 18.6 Å². The number of benzene rings is 2. The van der Waals surface area contributed by atoms with Gasteiger partial charge in [0.1, 0.15) is 9.77 Å². The van der Waals surface area contributed by atoms with Crippen LogP contribution in [0.4, 0.5) is 11.4 Å². The van der Waals surface area contributed by atoms with E-state index in [0.717, 1.165) is 42.6 Å². The van der Waals surface area contributed by atoms with Crippen LogP contribution in [0.1, 0.15) is 53.3 Å². The molecule has 0 radical (unpaired) electrons. The summed E-state index contributed by atoms with van der Waals surface area (Å²) in [6, 6.07) is 13.8. The van der Waals surface area contributed by atoms with E-state index >= 15 is 0 Å². The highest BCUT2D eigenvalue weighted by Crippen LogP contribution is 2.38. The summed E-state index contributed by atoms with van der Waals surface area (Å²) in [6.07, 6.45) is 4.88. The minimum absolute atomic E-state index is 0.00510. The first-order chi connectivity index (χ1) is 18.8. The maximum atomic E-state index is 13.1. The van der Waals surface area contributed by atoms with Gasteiger partial charge in [0.15, 0.2) is 11.5 Å². The van der Waals surface area contributed by atoms with E-state index in [-0.39, 0.29) is 33.4 Å². The van der Waals surface area contributed by atoms with Crippen LogP contribution < -0.4 is 19.1 Å². The normalized spacial score (nSPS) is 17.8. The minimum atomic E-state index is -4.05. The molecule has 1 N–H and O–H groups in total. The van der Waals surface area contributed by atoms with Crippen molar-refractivity contribution < 1.29 is 32.2 Å². The standard InChI is InChI=1S/C28H30N2O7S2/c1-35-23-11-10-18(14-24(23)37-22-8-3-4-9-22)19-15-26(31)30(17-19)21-7-5-6-20(16-21)29-39(33,34)25-12-13-38-27(25)28(32)36-2/h5-7,10-14,16,19,22,29H,3-4,8-9,15,17H2,1-2H3. The van der Waals surface area contributed by atoms with E-state index in [4.69, 9.17) is 14.2 Å². The Balaban J connectivity index is 1.33. The van der Waals surface area contributed by atoms with Gasteiger partial charge in [-0.05, 0) is 73.0 Å². The van der Waals surface area contributed by atoms with Crippen LogP contribution in [-0.4, -0.2) is 47.2 Å². The fraction of sp³-hybridized carbons (Fsp3) is 0.357.